The van der Waals surface area contributed by atoms with Gasteiger partial charge in [-0.2, -0.15) is 10.2 Å². The predicted molar refractivity (Wildman–Crippen MR) is 237 cm³/mol. The van der Waals surface area contributed by atoms with E-state index in [0.717, 1.165) is 44.8 Å². The van der Waals surface area contributed by atoms with Gasteiger partial charge in [-0.15, -0.1) is 0 Å². The van der Waals surface area contributed by atoms with Crippen LogP contribution in [0.2, 0.25) is 0 Å². The number of hydrogen-bond acceptors (Lipinski definition) is 12. The average Bonchev–Trinajstić information content (AvgIpc) is 3.97. The van der Waals surface area contributed by atoms with Crippen LogP contribution < -0.4 is 26.1 Å². The highest BCUT2D eigenvalue weighted by atomic mass is 19.3. The Labute approximate surface area is 381 Å². The number of aromatic nitrogens is 7. The molecular formula is C45H53F4N13O5. The highest BCUT2D eigenvalue weighted by molar-refractivity contribution is 6.08. The molecule has 11 rings (SSSR count). The fourth-order valence-electron chi connectivity index (χ4n) is 11.5. The van der Waals surface area contributed by atoms with E-state index in [1.54, 1.807) is 19.3 Å². The number of piperazine rings is 1. The maximum atomic E-state index is 16.1. The number of rotatable bonds is 10. The summed E-state index contributed by atoms with van der Waals surface area (Å²) in [7, 11) is 1.66. The Kier molecular flexibility index (Phi) is 10.9. The smallest absolute Gasteiger partial charge is 0.329 e. The molecule has 0 bridgehead atoms. The van der Waals surface area contributed by atoms with E-state index in [2.05, 4.69) is 35.6 Å². The molecule has 9 heterocycles. The van der Waals surface area contributed by atoms with Gasteiger partial charge >= 0.3 is 5.69 Å². The third-order valence-corrected chi connectivity index (χ3v) is 15.1. The van der Waals surface area contributed by atoms with Crippen molar-refractivity contribution >= 4 is 51.6 Å². The first kappa shape index (κ1) is 43.7. The number of alkyl halides is 4. The molecule has 67 heavy (non-hydrogen) atoms. The lowest BCUT2D eigenvalue weighted by Gasteiger charge is -2.55. The number of benzene rings is 1. The number of fused-ring (bicyclic) bond motifs is 2. The Hall–Kier alpha value is -5.87. The number of imide groups is 1. The van der Waals surface area contributed by atoms with Crippen LogP contribution in [0, 0.1) is 11.3 Å². The lowest BCUT2D eigenvalue weighted by atomic mass is 9.78. The molecule has 1 aromatic carbocycles. The Morgan fingerprint density at radius 2 is 1.73 bits per heavy atom. The molecule has 3 amide bonds. The monoisotopic (exact) mass is 931 g/mol. The number of ether oxygens (including phenoxy) is 1. The maximum absolute atomic E-state index is 16.1. The molecule has 6 fully saturated rings. The van der Waals surface area contributed by atoms with Crippen molar-refractivity contribution in [2.24, 2.45) is 18.4 Å². The van der Waals surface area contributed by atoms with Crippen LogP contribution in [-0.2, 0) is 21.4 Å². The SMILES string of the molecule is Cn1c(=O)n(C2CCC(=O)NC2=O)c2cccc(N3CCN([C@H]4CCN(C[C@H]5CC[C@H](n6cc(NC(=O)c7cnn8ccc(N9CC%10(COC%10)C9)nc78)c(C(F)F)n6)CC5)CC4(F)F)CC3)c21. The minimum Gasteiger partial charge on any atom is -0.380 e. The van der Waals surface area contributed by atoms with Crippen LogP contribution in [0.15, 0.2) is 47.7 Å². The summed E-state index contributed by atoms with van der Waals surface area (Å²) < 4.78 is 72.1. The standard InChI is InChI=1S/C45H53F4N13O5/c1-55-38-31(3-2-4-32(38)62(43(55)66)33-9-10-36(63)53-42(33)65)57-15-17-58(18-16-57)34-11-13-56(24-45(34,48)49)20-27-5-7-28(8-6-27)61-21-30(37(54-61)39(46)47)51-41(64)29-19-50-60-14-12-35(52-40(29)60)59-22-44(23-59)25-67-26-44/h2-4,12,14,19,21,27-28,33-34,39H,5-11,13,15-18,20,22-26H2,1H3,(H,51,64)(H,53,63,65)/t27-,28-,33?,34-/m0/s1. The molecule has 2 N–H and O–H groups in total. The Morgan fingerprint density at radius 1 is 0.955 bits per heavy atom. The minimum absolute atomic E-state index is 0.0788. The molecule has 1 unspecified atom stereocenters. The number of imidazole rings is 1. The van der Waals surface area contributed by atoms with Crippen molar-refractivity contribution in [3.63, 3.8) is 0 Å². The van der Waals surface area contributed by atoms with Gasteiger partial charge in [0.1, 0.15) is 17.4 Å². The highest BCUT2D eigenvalue weighted by Gasteiger charge is 2.50. The van der Waals surface area contributed by atoms with Crippen molar-refractivity contribution in [2.75, 3.05) is 87.2 Å². The summed E-state index contributed by atoms with van der Waals surface area (Å²) >= 11 is 0. The van der Waals surface area contributed by atoms with E-state index in [1.165, 1.54) is 30.7 Å². The van der Waals surface area contributed by atoms with Crippen LogP contribution in [0.5, 0.6) is 0 Å². The molecule has 5 aliphatic heterocycles. The van der Waals surface area contributed by atoms with Gasteiger partial charge in [0.2, 0.25) is 11.8 Å². The highest BCUT2D eigenvalue weighted by Crippen LogP contribution is 2.41. The van der Waals surface area contributed by atoms with Crippen molar-refractivity contribution in [3.05, 3.63) is 64.6 Å². The normalized spacial score (nSPS) is 25.8. The van der Waals surface area contributed by atoms with Crippen molar-refractivity contribution in [1.29, 1.82) is 0 Å². The number of halogens is 4. The summed E-state index contributed by atoms with van der Waals surface area (Å²) in [6.07, 6.45) is 5.03. The second-order valence-corrected chi connectivity index (χ2v) is 19.4. The van der Waals surface area contributed by atoms with Crippen LogP contribution in [0.25, 0.3) is 16.7 Å². The summed E-state index contributed by atoms with van der Waals surface area (Å²) in [4.78, 5) is 64.2. The Balaban J connectivity index is 0.680. The summed E-state index contributed by atoms with van der Waals surface area (Å²) in [5.41, 5.74) is 1.70. The summed E-state index contributed by atoms with van der Waals surface area (Å²) in [5.74, 6) is -3.56. The summed E-state index contributed by atoms with van der Waals surface area (Å²) in [6, 6.07) is 5.46. The number of aryl methyl sites for hydroxylation is 1. The van der Waals surface area contributed by atoms with E-state index in [-0.39, 0.29) is 59.6 Å². The number of likely N-dealkylation sites (tertiary alicyclic amines) is 1. The maximum Gasteiger partial charge on any atom is 0.329 e. The lowest BCUT2D eigenvalue weighted by molar-refractivity contribution is -0.135. The summed E-state index contributed by atoms with van der Waals surface area (Å²) in [5, 5.41) is 13.5. The molecule has 1 saturated carbocycles. The molecule has 18 nitrogen and oxygen atoms in total. The van der Waals surface area contributed by atoms with E-state index >= 15 is 8.78 Å². The molecule has 0 radical (unpaired) electrons. The van der Waals surface area contributed by atoms with Gasteiger partial charge < -0.3 is 19.9 Å². The molecule has 2 atom stereocenters. The first-order chi connectivity index (χ1) is 32.2. The lowest BCUT2D eigenvalue weighted by Crippen LogP contribution is -2.66. The van der Waals surface area contributed by atoms with Gasteiger partial charge in [0.25, 0.3) is 18.3 Å². The van der Waals surface area contributed by atoms with Crippen molar-refractivity contribution in [1.82, 2.24) is 48.6 Å². The molecule has 1 aliphatic carbocycles. The number of anilines is 3. The molecule has 4 aromatic heterocycles. The van der Waals surface area contributed by atoms with E-state index in [1.807, 2.05) is 28.0 Å². The van der Waals surface area contributed by atoms with E-state index in [9.17, 15) is 28.0 Å². The van der Waals surface area contributed by atoms with Crippen LogP contribution in [0.4, 0.5) is 34.8 Å². The second kappa shape index (κ2) is 16.7. The van der Waals surface area contributed by atoms with Gasteiger partial charge in [-0.05, 0) is 62.6 Å². The van der Waals surface area contributed by atoms with Crippen LogP contribution in [0.1, 0.15) is 79.5 Å². The summed E-state index contributed by atoms with van der Waals surface area (Å²) in [6.45, 7) is 5.58. The quantitative estimate of drug-likeness (QED) is 0.153. The number of piperidine rings is 2. The van der Waals surface area contributed by atoms with Crippen LogP contribution >= 0.6 is 0 Å². The number of carbonyl (C=O) groups is 3. The number of nitrogens with zero attached hydrogens (tertiary/aromatic N) is 11. The van der Waals surface area contributed by atoms with Crippen molar-refractivity contribution in [3.8, 4) is 0 Å². The van der Waals surface area contributed by atoms with Crippen molar-refractivity contribution < 1.29 is 36.7 Å². The largest absolute Gasteiger partial charge is 0.380 e. The third kappa shape index (κ3) is 7.83. The zero-order chi connectivity index (χ0) is 46.4. The van der Waals surface area contributed by atoms with Gasteiger partial charge in [0, 0.05) is 78.2 Å². The van der Waals surface area contributed by atoms with Gasteiger partial charge in [-0.1, -0.05) is 6.07 Å². The molecule has 356 valence electrons. The predicted octanol–water partition coefficient (Wildman–Crippen LogP) is 3.85. The molecule has 6 aliphatic rings. The molecule has 22 heteroatoms. The van der Waals surface area contributed by atoms with Crippen molar-refractivity contribution in [2.45, 2.75) is 75.4 Å². The zero-order valence-electron chi connectivity index (χ0n) is 37.1. The number of nitrogens with one attached hydrogen (secondary N) is 2. The Morgan fingerprint density at radius 3 is 2.43 bits per heavy atom. The van der Waals surface area contributed by atoms with E-state index < -0.39 is 41.9 Å². The topological polar surface area (TPSA) is 172 Å². The van der Waals surface area contributed by atoms with Crippen LogP contribution in [-0.4, -0.2) is 145 Å². The van der Waals surface area contributed by atoms with E-state index in [0.29, 0.717) is 81.0 Å². The van der Waals surface area contributed by atoms with E-state index in [4.69, 9.17) is 4.74 Å². The molecule has 5 saturated heterocycles. The Bertz CT molecular complexity index is 2790. The molecular weight excluding hydrogens is 879 g/mol. The average molecular weight is 932 g/mol. The zero-order valence-corrected chi connectivity index (χ0v) is 37.1. The first-order valence-corrected chi connectivity index (χ1v) is 23.2. The minimum atomic E-state index is -2.94. The number of para-hydroxylation sites is 1. The molecule has 5 aromatic rings. The fourth-order valence-corrected chi connectivity index (χ4v) is 11.5. The first-order valence-electron chi connectivity index (χ1n) is 23.2. The second-order valence-electron chi connectivity index (χ2n) is 19.4. The van der Waals surface area contributed by atoms with Gasteiger partial charge in [-0.25, -0.2) is 31.9 Å². The van der Waals surface area contributed by atoms with Crippen LogP contribution in [0.3, 0.4) is 0 Å². The number of amides is 3. The number of hydrogen-bond donors (Lipinski definition) is 2. The van der Waals surface area contributed by atoms with Gasteiger partial charge in [-0.3, -0.25) is 43.3 Å². The van der Waals surface area contributed by atoms with Gasteiger partial charge in [0.05, 0.1) is 65.9 Å². The molecule has 1 spiro atoms. The number of carbonyl (C=O) groups excluding carboxylic acids is 3. The third-order valence-electron chi connectivity index (χ3n) is 15.1. The van der Waals surface area contributed by atoms with Gasteiger partial charge in [0.15, 0.2) is 11.3 Å². The fraction of sp³-hybridized carbons (Fsp3) is 0.578.